The van der Waals surface area contributed by atoms with Gasteiger partial charge in [-0.15, -0.1) is 0 Å². The van der Waals surface area contributed by atoms with Gasteiger partial charge in [0.1, 0.15) is 29.4 Å². The van der Waals surface area contributed by atoms with Crippen molar-refractivity contribution < 1.29 is 22.7 Å². The summed E-state index contributed by atoms with van der Waals surface area (Å²) in [6, 6.07) is 3.84. The van der Waals surface area contributed by atoms with E-state index < -0.39 is 17.8 Å². The first-order valence-electron chi connectivity index (χ1n) is 9.32. The Hall–Kier alpha value is -3.14. The number of carbonyl (C=O) groups excluding carboxylic acids is 1. The van der Waals surface area contributed by atoms with Gasteiger partial charge in [0.15, 0.2) is 0 Å². The van der Waals surface area contributed by atoms with E-state index in [9.17, 15) is 18.0 Å². The van der Waals surface area contributed by atoms with Crippen molar-refractivity contribution in [3.05, 3.63) is 52.3 Å². The molecule has 2 aromatic rings. The number of hydrogen-bond donors (Lipinski definition) is 3. The molecule has 1 amide bonds. The predicted octanol–water partition coefficient (Wildman–Crippen LogP) is 3.39. The fraction of sp³-hybridized carbons (Fsp3) is 0.350. The number of alkyl halides is 2. The van der Waals surface area contributed by atoms with Crippen LogP contribution in [-0.2, 0) is 16.1 Å². The lowest BCUT2D eigenvalue weighted by Crippen LogP contribution is -2.48. The Morgan fingerprint density at radius 1 is 1.33 bits per heavy atom. The summed E-state index contributed by atoms with van der Waals surface area (Å²) >= 11 is 0. The number of anilines is 2. The van der Waals surface area contributed by atoms with E-state index >= 15 is 0 Å². The molecule has 0 saturated carbocycles. The first-order valence-corrected chi connectivity index (χ1v) is 9.32. The molecule has 30 heavy (non-hydrogen) atoms. The van der Waals surface area contributed by atoms with Gasteiger partial charge in [-0.1, -0.05) is 18.2 Å². The van der Waals surface area contributed by atoms with Crippen LogP contribution in [0, 0.1) is 12.7 Å². The summed E-state index contributed by atoms with van der Waals surface area (Å²) in [6.45, 7) is 4.78. The van der Waals surface area contributed by atoms with Crippen molar-refractivity contribution in [1.82, 2.24) is 15.3 Å². The summed E-state index contributed by atoms with van der Waals surface area (Å²) in [4.78, 5) is 19.6. The Balaban J connectivity index is 1.90. The first kappa shape index (κ1) is 21.6. The Kier molecular flexibility index (Phi) is 6.88. The monoisotopic (exact) mass is 421 g/mol. The van der Waals surface area contributed by atoms with E-state index in [1.165, 1.54) is 12.1 Å². The summed E-state index contributed by atoms with van der Waals surface area (Å²) in [5.74, 6) is 0.533. The summed E-state index contributed by atoms with van der Waals surface area (Å²) in [5, 5.41) is 8.58. The molecule has 160 valence electrons. The number of amides is 1. The second kappa shape index (κ2) is 9.57. The second-order valence-corrected chi connectivity index (χ2v) is 6.77. The third-order valence-electron chi connectivity index (χ3n) is 4.49. The van der Waals surface area contributed by atoms with Crippen LogP contribution >= 0.6 is 0 Å². The molecule has 1 fully saturated rings. The first-order chi connectivity index (χ1) is 14.4. The normalized spacial score (nSPS) is 14.4. The Labute approximate surface area is 171 Å². The van der Waals surface area contributed by atoms with Crippen LogP contribution in [0.1, 0.15) is 35.9 Å². The van der Waals surface area contributed by atoms with Crippen molar-refractivity contribution in [2.75, 3.05) is 23.7 Å². The minimum Gasteiger partial charge on any atom is -0.492 e. The maximum atomic E-state index is 14.4. The molecule has 1 aromatic carbocycles. The third kappa shape index (κ3) is 5.07. The lowest BCUT2D eigenvalue weighted by Gasteiger charge is -2.28. The Morgan fingerprint density at radius 3 is 2.70 bits per heavy atom. The molecule has 10 heteroatoms. The standard InChI is InChI=1S/C20H22F3N5O2/c1-11(30-14-8-24-9-14)6-16-19(27-12(2)28-20(16)26-10-29)25-7-13-4-3-5-15(17(13)21)18(22)23/h3-6,10,14,18,24H,7-9H2,1-2H3,(H2,25,26,27,28,29)/b11-6+. The van der Waals surface area contributed by atoms with E-state index in [4.69, 9.17) is 4.74 Å². The molecule has 0 unspecified atom stereocenters. The van der Waals surface area contributed by atoms with Gasteiger partial charge in [-0.3, -0.25) is 4.79 Å². The van der Waals surface area contributed by atoms with Crippen molar-refractivity contribution in [3.63, 3.8) is 0 Å². The van der Waals surface area contributed by atoms with Crippen LogP contribution in [0.3, 0.4) is 0 Å². The highest BCUT2D eigenvalue weighted by Crippen LogP contribution is 2.27. The molecular formula is C20H22F3N5O2. The lowest BCUT2D eigenvalue weighted by molar-refractivity contribution is -0.105. The fourth-order valence-electron chi connectivity index (χ4n) is 2.95. The SMILES string of the molecule is C/C(=C\c1c(NC=O)nc(C)nc1NCc1cccc(C(F)F)c1F)OC1CNC1. The number of allylic oxidation sites excluding steroid dienone is 1. The molecule has 1 aromatic heterocycles. The number of aromatic nitrogens is 2. The van der Waals surface area contributed by atoms with Crippen LogP contribution in [0.4, 0.5) is 24.8 Å². The number of ether oxygens (including phenoxy) is 1. The van der Waals surface area contributed by atoms with Gasteiger partial charge in [-0.05, 0) is 19.9 Å². The minimum absolute atomic E-state index is 0.0534. The van der Waals surface area contributed by atoms with Crippen LogP contribution in [0.15, 0.2) is 24.0 Å². The number of carbonyl (C=O) groups is 1. The van der Waals surface area contributed by atoms with E-state index in [1.807, 2.05) is 0 Å². The number of hydrogen-bond acceptors (Lipinski definition) is 6. The highest BCUT2D eigenvalue weighted by atomic mass is 19.3. The van der Waals surface area contributed by atoms with E-state index in [-0.39, 0.29) is 24.0 Å². The van der Waals surface area contributed by atoms with Gasteiger partial charge in [0.25, 0.3) is 6.43 Å². The Bertz CT molecular complexity index is 948. The molecule has 0 radical (unpaired) electrons. The van der Waals surface area contributed by atoms with Crippen molar-refractivity contribution in [2.24, 2.45) is 0 Å². The maximum absolute atomic E-state index is 14.4. The van der Waals surface area contributed by atoms with E-state index in [0.717, 1.165) is 19.2 Å². The van der Waals surface area contributed by atoms with E-state index in [0.29, 0.717) is 29.4 Å². The molecule has 1 aliphatic rings. The minimum atomic E-state index is -2.91. The van der Waals surface area contributed by atoms with Crippen molar-refractivity contribution in [3.8, 4) is 0 Å². The lowest BCUT2D eigenvalue weighted by atomic mass is 10.1. The second-order valence-electron chi connectivity index (χ2n) is 6.77. The van der Waals surface area contributed by atoms with Crippen molar-refractivity contribution in [2.45, 2.75) is 32.9 Å². The van der Waals surface area contributed by atoms with Gasteiger partial charge < -0.3 is 20.7 Å². The summed E-state index contributed by atoms with van der Waals surface area (Å²) in [6.07, 6.45) is -0.704. The van der Waals surface area contributed by atoms with Gasteiger partial charge in [-0.2, -0.15) is 0 Å². The van der Waals surface area contributed by atoms with Crippen LogP contribution in [0.25, 0.3) is 6.08 Å². The molecule has 3 rings (SSSR count). The predicted molar refractivity (Wildman–Crippen MR) is 107 cm³/mol. The average Bonchev–Trinajstić information content (AvgIpc) is 2.66. The summed E-state index contributed by atoms with van der Waals surface area (Å²) in [7, 11) is 0. The van der Waals surface area contributed by atoms with Gasteiger partial charge in [-0.25, -0.2) is 23.1 Å². The number of aryl methyl sites for hydroxylation is 1. The van der Waals surface area contributed by atoms with Crippen LogP contribution in [0.5, 0.6) is 0 Å². The zero-order chi connectivity index (χ0) is 21.7. The highest BCUT2D eigenvalue weighted by molar-refractivity contribution is 5.81. The molecular weight excluding hydrogens is 399 g/mol. The van der Waals surface area contributed by atoms with E-state index in [2.05, 4.69) is 25.9 Å². The highest BCUT2D eigenvalue weighted by Gasteiger charge is 2.20. The van der Waals surface area contributed by atoms with Crippen molar-refractivity contribution >= 4 is 24.1 Å². The van der Waals surface area contributed by atoms with Crippen LogP contribution < -0.4 is 16.0 Å². The molecule has 2 heterocycles. The molecule has 1 saturated heterocycles. The molecule has 1 aliphatic heterocycles. The number of halogens is 3. The molecule has 0 aliphatic carbocycles. The molecule has 0 spiro atoms. The number of benzene rings is 1. The molecule has 0 bridgehead atoms. The zero-order valence-corrected chi connectivity index (χ0v) is 16.5. The molecule has 3 N–H and O–H groups in total. The summed E-state index contributed by atoms with van der Waals surface area (Å²) < 4.78 is 46.1. The van der Waals surface area contributed by atoms with Crippen molar-refractivity contribution in [1.29, 1.82) is 0 Å². The van der Waals surface area contributed by atoms with Crippen LogP contribution in [-0.4, -0.2) is 35.6 Å². The molecule has 7 nitrogen and oxygen atoms in total. The topological polar surface area (TPSA) is 88.2 Å². The third-order valence-corrected chi connectivity index (χ3v) is 4.49. The fourth-order valence-corrected chi connectivity index (χ4v) is 2.95. The van der Waals surface area contributed by atoms with Gasteiger partial charge >= 0.3 is 0 Å². The largest absolute Gasteiger partial charge is 0.492 e. The maximum Gasteiger partial charge on any atom is 0.266 e. The zero-order valence-electron chi connectivity index (χ0n) is 16.5. The molecule has 0 atom stereocenters. The quantitative estimate of drug-likeness (QED) is 0.425. The summed E-state index contributed by atoms with van der Waals surface area (Å²) in [5.41, 5.74) is -0.157. The van der Waals surface area contributed by atoms with Gasteiger partial charge in [0.2, 0.25) is 6.41 Å². The number of rotatable bonds is 9. The van der Waals surface area contributed by atoms with E-state index in [1.54, 1.807) is 19.9 Å². The van der Waals surface area contributed by atoms with Gasteiger partial charge in [0, 0.05) is 25.2 Å². The number of nitrogens with one attached hydrogen (secondary N) is 3. The van der Waals surface area contributed by atoms with Gasteiger partial charge in [0.05, 0.1) is 16.9 Å². The number of nitrogens with zero attached hydrogens (tertiary/aromatic N) is 2. The van der Waals surface area contributed by atoms with Crippen LogP contribution in [0.2, 0.25) is 0 Å². The smallest absolute Gasteiger partial charge is 0.266 e. The average molecular weight is 421 g/mol. The Morgan fingerprint density at radius 2 is 2.07 bits per heavy atom.